The Kier molecular flexibility index (Phi) is 5.17. The number of amides is 2. The molecular weight excluding hydrogens is 347 g/mol. The van der Waals surface area contributed by atoms with Gasteiger partial charge in [-0.3, -0.25) is 14.5 Å². The molecule has 1 unspecified atom stereocenters. The van der Waals surface area contributed by atoms with Gasteiger partial charge in [0.2, 0.25) is 5.91 Å². The van der Waals surface area contributed by atoms with Crippen LogP contribution in [0.15, 0.2) is 35.3 Å². The van der Waals surface area contributed by atoms with Crippen LogP contribution in [0.3, 0.4) is 0 Å². The third-order valence-electron chi connectivity index (χ3n) is 4.13. The van der Waals surface area contributed by atoms with Gasteiger partial charge in [-0.2, -0.15) is 13.2 Å². The lowest BCUT2D eigenvalue weighted by Crippen LogP contribution is -2.64. The summed E-state index contributed by atoms with van der Waals surface area (Å²) in [5.41, 5.74) is -3.48. The minimum Gasteiger partial charge on any atom is -0.316 e. The summed E-state index contributed by atoms with van der Waals surface area (Å²) < 4.78 is 41.3. The number of hydrogen-bond acceptors (Lipinski definition) is 3. The van der Waals surface area contributed by atoms with Crippen LogP contribution in [0.2, 0.25) is 0 Å². The van der Waals surface area contributed by atoms with E-state index in [9.17, 15) is 22.8 Å². The SMILES string of the molecule is CC1=NC(NC(=O)C(C)(C)C)(C(F)(F)F)C(=O)N1CCc1ccccc1. The topological polar surface area (TPSA) is 61.8 Å². The smallest absolute Gasteiger partial charge is 0.316 e. The minimum atomic E-state index is -5.05. The molecule has 0 radical (unpaired) electrons. The molecule has 26 heavy (non-hydrogen) atoms. The molecule has 0 saturated carbocycles. The summed E-state index contributed by atoms with van der Waals surface area (Å²) in [4.78, 5) is 29.3. The Hall–Kier alpha value is -2.38. The van der Waals surface area contributed by atoms with E-state index in [2.05, 4.69) is 4.99 Å². The first-order valence-corrected chi connectivity index (χ1v) is 8.20. The summed E-state index contributed by atoms with van der Waals surface area (Å²) >= 11 is 0. The number of amidine groups is 1. The van der Waals surface area contributed by atoms with Gasteiger partial charge in [0.1, 0.15) is 5.84 Å². The van der Waals surface area contributed by atoms with Gasteiger partial charge in [-0.05, 0) is 18.9 Å². The monoisotopic (exact) mass is 369 g/mol. The Morgan fingerprint density at radius 2 is 1.77 bits per heavy atom. The fourth-order valence-corrected chi connectivity index (χ4v) is 2.53. The molecule has 1 aliphatic heterocycles. The highest BCUT2D eigenvalue weighted by Gasteiger charge is 2.66. The fraction of sp³-hybridized carbons (Fsp3) is 0.500. The molecule has 0 aromatic heterocycles. The molecular formula is C18H22F3N3O2. The van der Waals surface area contributed by atoms with E-state index in [0.29, 0.717) is 6.42 Å². The Balaban J connectivity index is 2.28. The second-order valence-corrected chi connectivity index (χ2v) is 7.26. The van der Waals surface area contributed by atoms with Crippen LogP contribution in [0.4, 0.5) is 13.2 Å². The molecule has 1 atom stereocenters. The highest BCUT2D eigenvalue weighted by atomic mass is 19.4. The van der Waals surface area contributed by atoms with E-state index < -0.39 is 29.1 Å². The standard InChI is InChI=1S/C18H22F3N3O2/c1-12-22-17(18(19,20)21,23-14(25)16(2,3)4)15(26)24(12)11-10-13-8-6-5-7-9-13/h5-9H,10-11H2,1-4H3,(H,23,25). The largest absolute Gasteiger partial charge is 0.442 e. The number of aliphatic imine (C=N–C) groups is 1. The number of nitrogens with zero attached hydrogens (tertiary/aromatic N) is 2. The molecule has 0 bridgehead atoms. The van der Waals surface area contributed by atoms with Crippen molar-refractivity contribution in [3.8, 4) is 0 Å². The van der Waals surface area contributed by atoms with Gasteiger partial charge >= 0.3 is 11.8 Å². The Labute approximate surface area is 150 Å². The van der Waals surface area contributed by atoms with Gasteiger partial charge in [-0.15, -0.1) is 0 Å². The van der Waals surface area contributed by atoms with E-state index in [4.69, 9.17) is 0 Å². The molecule has 1 heterocycles. The van der Waals surface area contributed by atoms with Crippen molar-refractivity contribution in [1.82, 2.24) is 10.2 Å². The summed E-state index contributed by atoms with van der Waals surface area (Å²) in [6.07, 6.45) is -4.67. The van der Waals surface area contributed by atoms with Crippen LogP contribution < -0.4 is 5.32 Å². The molecule has 1 aromatic carbocycles. The van der Waals surface area contributed by atoms with Crippen molar-refractivity contribution in [2.45, 2.75) is 46.0 Å². The highest BCUT2D eigenvalue weighted by molar-refractivity contribution is 6.09. The van der Waals surface area contributed by atoms with Crippen molar-refractivity contribution in [1.29, 1.82) is 0 Å². The molecule has 1 aromatic rings. The van der Waals surface area contributed by atoms with E-state index in [-0.39, 0.29) is 12.4 Å². The van der Waals surface area contributed by atoms with Gasteiger partial charge in [-0.25, -0.2) is 4.99 Å². The van der Waals surface area contributed by atoms with Crippen molar-refractivity contribution in [3.63, 3.8) is 0 Å². The maximum absolute atomic E-state index is 13.8. The summed E-state index contributed by atoms with van der Waals surface area (Å²) in [6.45, 7) is 5.78. The molecule has 1 N–H and O–H groups in total. The van der Waals surface area contributed by atoms with Gasteiger partial charge in [0.25, 0.3) is 5.91 Å². The van der Waals surface area contributed by atoms with E-state index in [1.807, 2.05) is 35.6 Å². The van der Waals surface area contributed by atoms with Crippen LogP contribution in [0.1, 0.15) is 33.3 Å². The van der Waals surface area contributed by atoms with Gasteiger partial charge < -0.3 is 5.32 Å². The van der Waals surface area contributed by atoms with Crippen LogP contribution in [0.5, 0.6) is 0 Å². The minimum absolute atomic E-state index is 0.0431. The molecule has 8 heteroatoms. The normalized spacial score (nSPS) is 21.0. The molecule has 5 nitrogen and oxygen atoms in total. The van der Waals surface area contributed by atoms with Crippen molar-refractivity contribution in [2.75, 3.05) is 6.54 Å². The van der Waals surface area contributed by atoms with Crippen molar-refractivity contribution in [2.24, 2.45) is 10.4 Å². The van der Waals surface area contributed by atoms with Crippen LogP contribution in [0.25, 0.3) is 0 Å². The first kappa shape index (κ1) is 19.9. The van der Waals surface area contributed by atoms with Crippen molar-refractivity contribution < 1.29 is 22.8 Å². The highest BCUT2D eigenvalue weighted by Crippen LogP contribution is 2.38. The molecule has 2 amide bonds. The number of carbonyl (C=O) groups is 2. The molecule has 2 rings (SSSR count). The number of carbonyl (C=O) groups excluding carboxylic acids is 2. The van der Waals surface area contributed by atoms with Crippen molar-refractivity contribution in [3.05, 3.63) is 35.9 Å². The first-order chi connectivity index (χ1) is 11.9. The fourth-order valence-electron chi connectivity index (χ4n) is 2.53. The third-order valence-corrected chi connectivity index (χ3v) is 4.13. The number of alkyl halides is 3. The van der Waals surface area contributed by atoms with E-state index in [1.165, 1.54) is 27.7 Å². The lowest BCUT2D eigenvalue weighted by molar-refractivity contribution is -0.201. The van der Waals surface area contributed by atoms with Gasteiger partial charge in [-0.1, -0.05) is 51.1 Å². The number of nitrogens with one attached hydrogen (secondary N) is 1. The van der Waals surface area contributed by atoms with E-state index in [1.54, 1.807) is 0 Å². The van der Waals surface area contributed by atoms with Crippen LogP contribution in [-0.2, 0) is 16.0 Å². The average molecular weight is 369 g/mol. The van der Waals surface area contributed by atoms with Gasteiger partial charge in [0.15, 0.2) is 0 Å². The summed E-state index contributed by atoms with van der Waals surface area (Å²) in [5.74, 6) is -2.25. The Morgan fingerprint density at radius 1 is 1.19 bits per heavy atom. The lowest BCUT2D eigenvalue weighted by atomic mass is 9.94. The second-order valence-electron chi connectivity index (χ2n) is 7.26. The maximum atomic E-state index is 13.8. The van der Waals surface area contributed by atoms with Crippen LogP contribution in [-0.4, -0.2) is 40.9 Å². The molecule has 0 saturated heterocycles. The molecule has 142 valence electrons. The van der Waals surface area contributed by atoms with Gasteiger partial charge in [0, 0.05) is 12.0 Å². The zero-order valence-corrected chi connectivity index (χ0v) is 15.1. The molecule has 0 fully saturated rings. The Bertz CT molecular complexity index is 723. The van der Waals surface area contributed by atoms with E-state index >= 15 is 0 Å². The zero-order valence-electron chi connectivity index (χ0n) is 15.1. The maximum Gasteiger partial charge on any atom is 0.442 e. The summed E-state index contributed by atoms with van der Waals surface area (Å²) in [6, 6.07) is 9.10. The Morgan fingerprint density at radius 3 is 2.27 bits per heavy atom. The number of hydrogen-bond donors (Lipinski definition) is 1. The molecule has 1 aliphatic rings. The zero-order chi connectivity index (χ0) is 19.8. The number of rotatable bonds is 4. The third kappa shape index (κ3) is 3.73. The number of benzene rings is 1. The second kappa shape index (κ2) is 6.74. The first-order valence-electron chi connectivity index (χ1n) is 8.20. The van der Waals surface area contributed by atoms with Crippen LogP contribution in [0, 0.1) is 5.41 Å². The quantitative estimate of drug-likeness (QED) is 0.887. The average Bonchev–Trinajstić information content (AvgIpc) is 2.76. The predicted molar refractivity (Wildman–Crippen MR) is 91.4 cm³/mol. The predicted octanol–water partition coefficient (Wildman–Crippen LogP) is 2.91. The van der Waals surface area contributed by atoms with Gasteiger partial charge in [0.05, 0.1) is 0 Å². The van der Waals surface area contributed by atoms with Crippen LogP contribution >= 0.6 is 0 Å². The summed E-state index contributed by atoms with van der Waals surface area (Å²) in [7, 11) is 0. The lowest BCUT2D eigenvalue weighted by Gasteiger charge is -2.31. The summed E-state index contributed by atoms with van der Waals surface area (Å²) in [5, 5.41) is 1.84. The molecule has 0 spiro atoms. The van der Waals surface area contributed by atoms with E-state index in [0.717, 1.165) is 10.5 Å². The van der Waals surface area contributed by atoms with Crippen molar-refractivity contribution >= 4 is 17.6 Å². The number of halogens is 3. The molecule has 0 aliphatic carbocycles.